The van der Waals surface area contributed by atoms with E-state index in [1.54, 1.807) is 6.92 Å². The quantitative estimate of drug-likeness (QED) is 0.677. The highest BCUT2D eigenvalue weighted by Crippen LogP contribution is 2.07. The molecule has 1 unspecified atom stereocenters. The number of hydrogen-bond donors (Lipinski definition) is 2. The molecule has 1 atom stereocenters. The number of aromatic amines is 1. The van der Waals surface area contributed by atoms with Crippen molar-refractivity contribution < 1.29 is 4.79 Å². The molecule has 0 bridgehead atoms. The minimum atomic E-state index is -0.199. The van der Waals surface area contributed by atoms with Gasteiger partial charge in [-0.1, -0.05) is 30.3 Å². The third-order valence-corrected chi connectivity index (χ3v) is 4.45. The van der Waals surface area contributed by atoms with Crippen LogP contribution in [-0.2, 0) is 17.6 Å². The smallest absolute Gasteiger partial charge is 0.277 e. The Balaban J connectivity index is 1.53. The lowest BCUT2D eigenvalue weighted by Gasteiger charge is -2.14. The standard InChI is InChI=1S/C19H23N5O2/c1-13(8-9-15-6-4-3-5-7-15)22-17(25)11-10-16-14(2)23-19-20-12-21-24(19)18(16)26/h3-7,12-13H,8-11H2,1-2H3,(H,22,25)(H,20,21,23). The molecule has 7 heteroatoms. The molecule has 0 spiro atoms. The van der Waals surface area contributed by atoms with Crippen molar-refractivity contribution in [3.8, 4) is 0 Å². The average molecular weight is 353 g/mol. The summed E-state index contributed by atoms with van der Waals surface area (Å²) in [6.45, 7) is 3.77. The third-order valence-electron chi connectivity index (χ3n) is 4.45. The summed E-state index contributed by atoms with van der Waals surface area (Å²) in [6.07, 6.45) is 3.83. The van der Waals surface area contributed by atoms with Crippen LogP contribution in [0.2, 0.25) is 0 Å². The molecule has 26 heavy (non-hydrogen) atoms. The number of carbonyl (C=O) groups excluding carboxylic acids is 1. The zero-order valence-electron chi connectivity index (χ0n) is 15.0. The van der Waals surface area contributed by atoms with E-state index in [-0.39, 0.29) is 23.9 Å². The summed E-state index contributed by atoms with van der Waals surface area (Å²) in [5, 5.41) is 5.74. The van der Waals surface area contributed by atoms with Gasteiger partial charge >= 0.3 is 0 Å². The molecule has 2 aromatic heterocycles. The van der Waals surface area contributed by atoms with Crippen molar-refractivity contribution in [2.75, 3.05) is 0 Å². The molecule has 0 aliphatic rings. The number of nitrogens with zero attached hydrogens (tertiary/aromatic N) is 3. The van der Waals surface area contributed by atoms with E-state index < -0.39 is 0 Å². The second-order valence-corrected chi connectivity index (χ2v) is 6.50. The molecular formula is C19H23N5O2. The second kappa shape index (κ2) is 7.95. The van der Waals surface area contributed by atoms with Gasteiger partial charge in [0.05, 0.1) is 5.69 Å². The van der Waals surface area contributed by atoms with Gasteiger partial charge in [-0.3, -0.25) is 14.7 Å². The fraction of sp³-hybridized carbons (Fsp3) is 0.368. The molecule has 0 radical (unpaired) electrons. The minimum absolute atomic E-state index is 0.0564. The van der Waals surface area contributed by atoms with Crippen molar-refractivity contribution in [1.82, 2.24) is 24.9 Å². The monoisotopic (exact) mass is 353 g/mol. The molecule has 3 rings (SSSR count). The van der Waals surface area contributed by atoms with Crippen molar-refractivity contribution in [2.24, 2.45) is 0 Å². The molecule has 0 aliphatic heterocycles. The molecule has 0 saturated heterocycles. The highest BCUT2D eigenvalue weighted by atomic mass is 16.1. The Bertz CT molecular complexity index is 945. The molecule has 0 aliphatic carbocycles. The first-order valence-corrected chi connectivity index (χ1v) is 8.79. The SMILES string of the molecule is Cc1nc2nc[nH]n2c(=O)c1CCC(=O)NC(C)CCc1ccccc1. The average Bonchev–Trinajstić information content (AvgIpc) is 3.09. The van der Waals surface area contributed by atoms with Crippen molar-refractivity contribution in [1.29, 1.82) is 0 Å². The summed E-state index contributed by atoms with van der Waals surface area (Å²) < 4.78 is 1.29. The maximum atomic E-state index is 12.4. The minimum Gasteiger partial charge on any atom is -0.354 e. The summed E-state index contributed by atoms with van der Waals surface area (Å²) in [5.41, 5.74) is 2.22. The summed E-state index contributed by atoms with van der Waals surface area (Å²) >= 11 is 0. The Morgan fingerprint density at radius 2 is 2.04 bits per heavy atom. The van der Waals surface area contributed by atoms with Crippen LogP contribution in [0.4, 0.5) is 0 Å². The van der Waals surface area contributed by atoms with Crippen LogP contribution in [0.15, 0.2) is 41.5 Å². The van der Waals surface area contributed by atoms with Crippen LogP contribution in [0.5, 0.6) is 0 Å². The van der Waals surface area contributed by atoms with E-state index in [4.69, 9.17) is 0 Å². The number of fused-ring (bicyclic) bond motifs is 1. The number of aromatic nitrogens is 4. The van der Waals surface area contributed by atoms with Gasteiger partial charge in [0.25, 0.3) is 11.3 Å². The van der Waals surface area contributed by atoms with Crippen molar-refractivity contribution in [3.63, 3.8) is 0 Å². The highest BCUT2D eigenvalue weighted by molar-refractivity contribution is 5.76. The fourth-order valence-corrected chi connectivity index (χ4v) is 2.97. The van der Waals surface area contributed by atoms with Gasteiger partial charge in [0, 0.05) is 18.0 Å². The van der Waals surface area contributed by atoms with E-state index in [2.05, 4.69) is 32.5 Å². The van der Waals surface area contributed by atoms with Crippen LogP contribution < -0.4 is 10.9 Å². The first-order chi connectivity index (χ1) is 12.5. The zero-order valence-corrected chi connectivity index (χ0v) is 15.0. The lowest BCUT2D eigenvalue weighted by Crippen LogP contribution is -2.33. The Labute approximate surface area is 151 Å². The van der Waals surface area contributed by atoms with Crippen molar-refractivity contribution >= 4 is 11.7 Å². The second-order valence-electron chi connectivity index (χ2n) is 6.50. The fourth-order valence-electron chi connectivity index (χ4n) is 2.97. The number of H-pyrrole nitrogens is 1. The van der Waals surface area contributed by atoms with Gasteiger partial charge in [0.2, 0.25) is 5.91 Å². The van der Waals surface area contributed by atoms with Gasteiger partial charge < -0.3 is 5.32 Å². The van der Waals surface area contributed by atoms with E-state index >= 15 is 0 Å². The first kappa shape index (κ1) is 17.8. The molecule has 136 valence electrons. The van der Waals surface area contributed by atoms with E-state index in [0.717, 1.165) is 12.8 Å². The van der Waals surface area contributed by atoms with Crippen LogP contribution in [-0.4, -0.2) is 31.5 Å². The summed E-state index contributed by atoms with van der Waals surface area (Å²) in [5.74, 6) is 0.286. The van der Waals surface area contributed by atoms with E-state index in [1.165, 1.54) is 16.4 Å². The van der Waals surface area contributed by atoms with Crippen LogP contribution in [0.1, 0.15) is 36.6 Å². The molecule has 0 saturated carbocycles. The number of rotatable bonds is 7. The lowest BCUT2D eigenvalue weighted by molar-refractivity contribution is -0.121. The van der Waals surface area contributed by atoms with Crippen molar-refractivity contribution in [3.05, 3.63) is 63.8 Å². The van der Waals surface area contributed by atoms with Crippen LogP contribution >= 0.6 is 0 Å². The molecule has 7 nitrogen and oxygen atoms in total. The number of hydrogen-bond acceptors (Lipinski definition) is 4. The van der Waals surface area contributed by atoms with E-state index in [0.29, 0.717) is 23.5 Å². The maximum Gasteiger partial charge on any atom is 0.277 e. The molecule has 2 heterocycles. The van der Waals surface area contributed by atoms with E-state index in [1.807, 2.05) is 25.1 Å². The molecule has 2 N–H and O–H groups in total. The number of aryl methyl sites for hydroxylation is 2. The summed E-state index contributed by atoms with van der Waals surface area (Å²) in [7, 11) is 0. The number of amides is 1. The molecule has 0 fully saturated rings. The van der Waals surface area contributed by atoms with Gasteiger partial charge in [-0.05, 0) is 38.7 Å². The van der Waals surface area contributed by atoms with Crippen LogP contribution in [0.25, 0.3) is 5.78 Å². The summed E-state index contributed by atoms with van der Waals surface area (Å²) in [4.78, 5) is 32.9. The Kier molecular flexibility index (Phi) is 5.46. The maximum absolute atomic E-state index is 12.4. The number of nitrogens with one attached hydrogen (secondary N) is 2. The van der Waals surface area contributed by atoms with Crippen LogP contribution in [0.3, 0.4) is 0 Å². The predicted molar refractivity (Wildman–Crippen MR) is 99.0 cm³/mol. The van der Waals surface area contributed by atoms with Gasteiger partial charge in [0.1, 0.15) is 6.33 Å². The molecule has 1 amide bonds. The Morgan fingerprint density at radius 3 is 2.81 bits per heavy atom. The normalized spacial score (nSPS) is 12.2. The predicted octanol–water partition coefficient (Wildman–Crippen LogP) is 1.80. The topological polar surface area (TPSA) is 92.2 Å². The molecular weight excluding hydrogens is 330 g/mol. The zero-order chi connectivity index (χ0) is 18.5. The Morgan fingerprint density at radius 1 is 1.27 bits per heavy atom. The van der Waals surface area contributed by atoms with Gasteiger partial charge in [-0.2, -0.15) is 4.52 Å². The highest BCUT2D eigenvalue weighted by Gasteiger charge is 2.14. The number of benzene rings is 1. The van der Waals surface area contributed by atoms with Gasteiger partial charge in [0.15, 0.2) is 0 Å². The van der Waals surface area contributed by atoms with Crippen LogP contribution in [0, 0.1) is 6.92 Å². The van der Waals surface area contributed by atoms with E-state index in [9.17, 15) is 9.59 Å². The number of carbonyl (C=O) groups is 1. The largest absolute Gasteiger partial charge is 0.354 e. The first-order valence-electron chi connectivity index (χ1n) is 8.79. The third kappa shape index (κ3) is 4.17. The molecule has 3 aromatic rings. The summed E-state index contributed by atoms with van der Waals surface area (Å²) in [6, 6.07) is 10.3. The van der Waals surface area contributed by atoms with Gasteiger partial charge in [-0.25, -0.2) is 9.97 Å². The molecule has 1 aromatic carbocycles. The van der Waals surface area contributed by atoms with Gasteiger partial charge in [-0.15, -0.1) is 0 Å². The van der Waals surface area contributed by atoms with Crippen molar-refractivity contribution in [2.45, 2.75) is 45.6 Å². The lowest BCUT2D eigenvalue weighted by atomic mass is 10.1. The Hall–Kier alpha value is -2.96.